The van der Waals surface area contributed by atoms with Gasteiger partial charge < -0.3 is 10.6 Å². The van der Waals surface area contributed by atoms with Gasteiger partial charge in [-0.1, -0.05) is 47.1 Å². The summed E-state index contributed by atoms with van der Waals surface area (Å²) in [5.41, 5.74) is 0.683. The number of alkyl halides is 3. The maximum absolute atomic E-state index is 12.6. The quantitative estimate of drug-likeness (QED) is 0.404. The monoisotopic (exact) mass is 450 g/mol. The number of anilines is 1. The zero-order valence-electron chi connectivity index (χ0n) is 16.1. The first-order valence-electron chi connectivity index (χ1n) is 9.18. The highest BCUT2D eigenvalue weighted by Gasteiger charge is 2.31. The third-order valence-electron chi connectivity index (χ3n) is 4.03. The number of pyridine rings is 1. The van der Waals surface area contributed by atoms with Crippen LogP contribution in [-0.2, 0) is 17.5 Å². The number of hydrogen-bond donors (Lipinski definition) is 2. The highest BCUT2D eigenvalue weighted by molar-refractivity contribution is 6.32. The molecule has 0 fully saturated rings. The molecule has 1 amide bonds. The number of rotatable bonds is 8. The second kappa shape index (κ2) is 10.1. The first kappa shape index (κ1) is 22.3. The Labute approximate surface area is 180 Å². The SMILES string of the molecule is O=C(/C=C/c1cn(Cc2ccccc2)nn1)NCCNc1ncc(C(F)(F)F)cc1Cl. The number of carbonyl (C=O) groups excluding carboxylic acids is 1. The predicted octanol–water partition coefficient (Wildman–Crippen LogP) is 3.64. The molecule has 3 rings (SSSR count). The molecule has 0 aliphatic heterocycles. The van der Waals surface area contributed by atoms with Gasteiger partial charge in [-0.2, -0.15) is 13.2 Å². The molecule has 3 aromatic rings. The number of hydrogen-bond acceptors (Lipinski definition) is 5. The molecule has 11 heteroatoms. The molecule has 0 radical (unpaired) electrons. The van der Waals surface area contributed by atoms with E-state index < -0.39 is 11.7 Å². The van der Waals surface area contributed by atoms with Crippen LogP contribution in [0, 0.1) is 0 Å². The van der Waals surface area contributed by atoms with E-state index in [4.69, 9.17) is 11.6 Å². The fourth-order valence-electron chi connectivity index (χ4n) is 2.55. The average molecular weight is 451 g/mol. The van der Waals surface area contributed by atoms with Gasteiger partial charge in [0.25, 0.3) is 0 Å². The van der Waals surface area contributed by atoms with Crippen molar-refractivity contribution >= 4 is 29.4 Å². The number of amides is 1. The summed E-state index contributed by atoms with van der Waals surface area (Å²) in [7, 11) is 0. The summed E-state index contributed by atoms with van der Waals surface area (Å²) in [5.74, 6) is -0.250. The molecule has 0 aliphatic carbocycles. The van der Waals surface area contributed by atoms with Crippen molar-refractivity contribution in [2.24, 2.45) is 0 Å². The van der Waals surface area contributed by atoms with Crippen LogP contribution >= 0.6 is 11.6 Å². The van der Waals surface area contributed by atoms with Gasteiger partial charge in [0.05, 0.1) is 23.3 Å². The minimum Gasteiger partial charge on any atom is -0.367 e. The predicted molar refractivity (Wildman–Crippen MR) is 110 cm³/mol. The van der Waals surface area contributed by atoms with E-state index in [1.807, 2.05) is 30.3 Å². The minimum absolute atomic E-state index is 0.106. The van der Waals surface area contributed by atoms with Crippen molar-refractivity contribution in [1.82, 2.24) is 25.3 Å². The fourth-order valence-corrected chi connectivity index (χ4v) is 2.78. The Morgan fingerprint density at radius 3 is 2.68 bits per heavy atom. The molecule has 31 heavy (non-hydrogen) atoms. The van der Waals surface area contributed by atoms with E-state index in [9.17, 15) is 18.0 Å². The Bertz CT molecular complexity index is 1050. The lowest BCUT2D eigenvalue weighted by Gasteiger charge is -2.10. The number of halogens is 4. The van der Waals surface area contributed by atoms with Crippen molar-refractivity contribution in [3.63, 3.8) is 0 Å². The van der Waals surface area contributed by atoms with E-state index in [0.717, 1.165) is 11.6 Å². The first-order chi connectivity index (χ1) is 14.8. The Kier molecular flexibility index (Phi) is 7.24. The van der Waals surface area contributed by atoms with E-state index in [0.29, 0.717) is 18.4 Å². The number of carbonyl (C=O) groups is 1. The van der Waals surface area contributed by atoms with E-state index in [1.165, 1.54) is 12.2 Å². The molecule has 2 N–H and O–H groups in total. The van der Waals surface area contributed by atoms with E-state index >= 15 is 0 Å². The first-order valence-corrected chi connectivity index (χ1v) is 9.55. The van der Waals surface area contributed by atoms with Crippen molar-refractivity contribution in [3.05, 3.63) is 76.7 Å². The van der Waals surface area contributed by atoms with Gasteiger partial charge in [0.1, 0.15) is 11.5 Å². The van der Waals surface area contributed by atoms with Crippen molar-refractivity contribution in [3.8, 4) is 0 Å². The molecule has 0 unspecified atom stereocenters. The van der Waals surface area contributed by atoms with Crippen molar-refractivity contribution < 1.29 is 18.0 Å². The normalized spacial score (nSPS) is 11.6. The van der Waals surface area contributed by atoms with Crippen LogP contribution in [0.3, 0.4) is 0 Å². The zero-order valence-corrected chi connectivity index (χ0v) is 16.9. The smallest absolute Gasteiger partial charge is 0.367 e. The molecule has 7 nitrogen and oxygen atoms in total. The average Bonchev–Trinajstić information content (AvgIpc) is 3.18. The summed E-state index contributed by atoms with van der Waals surface area (Å²) in [6.07, 6.45) is 0.755. The molecule has 2 heterocycles. The van der Waals surface area contributed by atoms with Crippen LogP contribution < -0.4 is 10.6 Å². The lowest BCUT2D eigenvalue weighted by Crippen LogP contribution is -2.27. The summed E-state index contributed by atoms with van der Waals surface area (Å²) in [4.78, 5) is 15.6. The second-order valence-electron chi connectivity index (χ2n) is 6.43. The molecular weight excluding hydrogens is 433 g/mol. The third-order valence-corrected chi connectivity index (χ3v) is 4.32. The zero-order chi connectivity index (χ0) is 22.3. The molecular formula is C20H18ClF3N6O. The molecule has 162 valence electrons. The lowest BCUT2D eigenvalue weighted by atomic mass is 10.2. The Hall–Kier alpha value is -3.40. The number of benzene rings is 1. The Balaban J connectivity index is 1.42. The maximum atomic E-state index is 12.6. The largest absolute Gasteiger partial charge is 0.417 e. The highest BCUT2D eigenvalue weighted by atomic mass is 35.5. The van der Waals surface area contributed by atoms with E-state index in [-0.39, 0.29) is 29.8 Å². The summed E-state index contributed by atoms with van der Waals surface area (Å²) in [6.45, 7) is 1.01. The summed E-state index contributed by atoms with van der Waals surface area (Å²) in [5, 5.41) is 13.2. The lowest BCUT2D eigenvalue weighted by molar-refractivity contribution is -0.137. The van der Waals surface area contributed by atoms with Gasteiger partial charge >= 0.3 is 6.18 Å². The molecule has 0 aliphatic rings. The molecule has 2 aromatic heterocycles. The number of aromatic nitrogens is 4. The molecule has 0 atom stereocenters. The Morgan fingerprint density at radius 2 is 1.97 bits per heavy atom. The maximum Gasteiger partial charge on any atom is 0.417 e. The van der Waals surface area contributed by atoms with Gasteiger partial charge in [-0.25, -0.2) is 9.67 Å². The summed E-state index contributed by atoms with van der Waals surface area (Å²) < 4.78 is 39.5. The van der Waals surface area contributed by atoms with Gasteiger partial charge in [-0.3, -0.25) is 4.79 Å². The highest BCUT2D eigenvalue weighted by Crippen LogP contribution is 2.32. The van der Waals surface area contributed by atoms with E-state index in [2.05, 4.69) is 25.9 Å². The van der Waals surface area contributed by atoms with Gasteiger partial charge in [-0.15, -0.1) is 5.10 Å². The fraction of sp³-hybridized carbons (Fsp3) is 0.200. The number of nitrogens with zero attached hydrogens (tertiary/aromatic N) is 4. The van der Waals surface area contributed by atoms with Crippen LogP contribution in [0.5, 0.6) is 0 Å². The van der Waals surface area contributed by atoms with Crippen LogP contribution in [0.25, 0.3) is 6.08 Å². The third kappa shape index (κ3) is 6.82. The van der Waals surface area contributed by atoms with Crippen molar-refractivity contribution in [2.75, 3.05) is 18.4 Å². The van der Waals surface area contributed by atoms with Crippen LogP contribution in [0.4, 0.5) is 19.0 Å². The van der Waals surface area contributed by atoms with Gasteiger partial charge in [-0.05, 0) is 17.7 Å². The molecule has 0 spiro atoms. The molecule has 1 aromatic carbocycles. The van der Waals surface area contributed by atoms with Gasteiger partial charge in [0, 0.05) is 25.4 Å². The van der Waals surface area contributed by atoms with Crippen molar-refractivity contribution in [1.29, 1.82) is 0 Å². The molecule has 0 saturated carbocycles. The topological polar surface area (TPSA) is 84.7 Å². The summed E-state index contributed by atoms with van der Waals surface area (Å²) in [6, 6.07) is 10.6. The van der Waals surface area contributed by atoms with Gasteiger partial charge in [0.2, 0.25) is 5.91 Å². The Morgan fingerprint density at radius 1 is 1.19 bits per heavy atom. The number of nitrogens with one attached hydrogen (secondary N) is 2. The molecule has 0 bridgehead atoms. The minimum atomic E-state index is -4.51. The van der Waals surface area contributed by atoms with E-state index in [1.54, 1.807) is 10.9 Å². The van der Waals surface area contributed by atoms with Crippen LogP contribution in [-0.4, -0.2) is 39.0 Å². The summed E-state index contributed by atoms with van der Waals surface area (Å²) >= 11 is 5.81. The van der Waals surface area contributed by atoms with Crippen LogP contribution in [0.15, 0.2) is 54.9 Å². The van der Waals surface area contributed by atoms with Crippen LogP contribution in [0.2, 0.25) is 5.02 Å². The standard InChI is InChI=1S/C20H18ClF3N6O/c21-17-10-15(20(22,23)24)11-27-19(17)26-9-8-25-18(31)7-6-16-13-30(29-28-16)12-14-4-2-1-3-5-14/h1-7,10-11,13H,8-9,12H2,(H,25,31)(H,26,27)/b7-6+. The van der Waals surface area contributed by atoms with Gasteiger partial charge in [0.15, 0.2) is 0 Å². The molecule has 0 saturated heterocycles. The van der Waals surface area contributed by atoms with Crippen LogP contribution in [0.1, 0.15) is 16.8 Å². The van der Waals surface area contributed by atoms with Crippen molar-refractivity contribution in [2.45, 2.75) is 12.7 Å². The second-order valence-corrected chi connectivity index (χ2v) is 6.84.